The Labute approximate surface area is 138 Å². The molecule has 0 atom stereocenters. The summed E-state index contributed by atoms with van der Waals surface area (Å²) in [5, 5.41) is 16.1. The molecule has 0 fully saturated rings. The van der Waals surface area contributed by atoms with Crippen molar-refractivity contribution < 1.29 is 9.26 Å². The SMILES string of the molecule is c1ccc(-c2nonc2CCc2nonc2-c2ccccc2)cc1. The minimum atomic E-state index is 0.641. The summed E-state index contributed by atoms with van der Waals surface area (Å²) in [4.78, 5) is 0. The van der Waals surface area contributed by atoms with Gasteiger partial charge in [-0.1, -0.05) is 71.0 Å². The van der Waals surface area contributed by atoms with Gasteiger partial charge in [0.15, 0.2) is 0 Å². The van der Waals surface area contributed by atoms with E-state index in [4.69, 9.17) is 9.26 Å². The van der Waals surface area contributed by atoms with E-state index >= 15 is 0 Å². The summed E-state index contributed by atoms with van der Waals surface area (Å²) in [7, 11) is 0. The maximum atomic E-state index is 4.93. The molecule has 0 saturated carbocycles. The molecule has 0 aliphatic carbocycles. The van der Waals surface area contributed by atoms with E-state index in [1.807, 2.05) is 60.7 Å². The fourth-order valence-electron chi connectivity index (χ4n) is 2.61. The molecule has 2 heterocycles. The third-order valence-electron chi connectivity index (χ3n) is 3.81. The maximum Gasteiger partial charge on any atom is 0.138 e. The van der Waals surface area contributed by atoms with Crippen LogP contribution in [0.3, 0.4) is 0 Å². The zero-order chi connectivity index (χ0) is 16.2. The molecule has 0 aliphatic rings. The molecule has 24 heavy (non-hydrogen) atoms. The van der Waals surface area contributed by atoms with Crippen LogP contribution in [0.2, 0.25) is 0 Å². The van der Waals surface area contributed by atoms with Crippen LogP contribution in [0.1, 0.15) is 11.4 Å². The quantitative estimate of drug-likeness (QED) is 0.560. The van der Waals surface area contributed by atoms with E-state index in [1.165, 1.54) is 0 Å². The number of rotatable bonds is 5. The van der Waals surface area contributed by atoms with Gasteiger partial charge in [-0.05, 0) is 10.3 Å². The van der Waals surface area contributed by atoms with Gasteiger partial charge in [-0.25, -0.2) is 9.26 Å². The largest absolute Gasteiger partial charge is 0.244 e. The van der Waals surface area contributed by atoms with E-state index in [9.17, 15) is 0 Å². The molecule has 0 amide bonds. The van der Waals surface area contributed by atoms with Gasteiger partial charge in [0.1, 0.15) is 22.8 Å². The number of aromatic nitrogens is 4. The highest BCUT2D eigenvalue weighted by Gasteiger charge is 2.16. The van der Waals surface area contributed by atoms with Crippen LogP contribution in [0.15, 0.2) is 69.9 Å². The lowest BCUT2D eigenvalue weighted by atomic mass is 10.0. The molecule has 0 bridgehead atoms. The van der Waals surface area contributed by atoms with Crippen molar-refractivity contribution in [2.75, 3.05) is 0 Å². The smallest absolute Gasteiger partial charge is 0.138 e. The summed E-state index contributed by atoms with van der Waals surface area (Å²) < 4.78 is 9.85. The maximum absolute atomic E-state index is 4.93. The molecule has 0 N–H and O–H groups in total. The van der Waals surface area contributed by atoms with Crippen molar-refractivity contribution in [3.8, 4) is 22.5 Å². The van der Waals surface area contributed by atoms with Crippen molar-refractivity contribution in [2.24, 2.45) is 0 Å². The minimum absolute atomic E-state index is 0.641. The van der Waals surface area contributed by atoms with E-state index in [2.05, 4.69) is 20.6 Å². The fourth-order valence-corrected chi connectivity index (χ4v) is 2.61. The Morgan fingerprint density at radius 2 is 0.958 bits per heavy atom. The van der Waals surface area contributed by atoms with Gasteiger partial charge in [0.25, 0.3) is 0 Å². The number of benzene rings is 2. The molecule has 0 radical (unpaired) electrons. The van der Waals surface area contributed by atoms with Crippen LogP contribution in [0.25, 0.3) is 22.5 Å². The Balaban J connectivity index is 1.56. The monoisotopic (exact) mass is 318 g/mol. The molecule has 6 heteroatoms. The zero-order valence-corrected chi connectivity index (χ0v) is 12.8. The first-order valence-electron chi connectivity index (χ1n) is 7.65. The van der Waals surface area contributed by atoms with E-state index in [0.717, 1.165) is 33.9 Å². The number of hydrogen-bond donors (Lipinski definition) is 0. The lowest BCUT2D eigenvalue weighted by Gasteiger charge is -2.00. The lowest BCUT2D eigenvalue weighted by molar-refractivity contribution is 0.301. The number of hydrogen-bond acceptors (Lipinski definition) is 6. The molecule has 2 aromatic heterocycles. The van der Waals surface area contributed by atoms with Gasteiger partial charge in [0, 0.05) is 24.0 Å². The summed E-state index contributed by atoms with van der Waals surface area (Å²) in [6.45, 7) is 0. The molecule has 118 valence electrons. The highest BCUT2D eigenvalue weighted by Crippen LogP contribution is 2.24. The molecule has 4 aromatic rings. The average Bonchev–Trinajstić information content (AvgIpc) is 3.30. The zero-order valence-electron chi connectivity index (χ0n) is 12.8. The summed E-state index contributed by atoms with van der Waals surface area (Å²) >= 11 is 0. The van der Waals surface area contributed by atoms with Crippen LogP contribution in [-0.4, -0.2) is 20.6 Å². The van der Waals surface area contributed by atoms with Crippen LogP contribution < -0.4 is 0 Å². The molecular weight excluding hydrogens is 304 g/mol. The minimum Gasteiger partial charge on any atom is -0.244 e. The average molecular weight is 318 g/mol. The van der Waals surface area contributed by atoms with Crippen molar-refractivity contribution in [2.45, 2.75) is 12.8 Å². The first-order chi connectivity index (χ1) is 11.9. The Morgan fingerprint density at radius 3 is 1.38 bits per heavy atom. The van der Waals surface area contributed by atoms with Gasteiger partial charge in [-0.15, -0.1) is 0 Å². The molecule has 0 unspecified atom stereocenters. The fraction of sp³-hybridized carbons (Fsp3) is 0.111. The van der Waals surface area contributed by atoms with Crippen LogP contribution in [0, 0.1) is 0 Å². The first kappa shape index (κ1) is 14.3. The van der Waals surface area contributed by atoms with Gasteiger partial charge < -0.3 is 0 Å². The van der Waals surface area contributed by atoms with Crippen molar-refractivity contribution in [3.05, 3.63) is 72.1 Å². The van der Waals surface area contributed by atoms with Crippen LogP contribution in [-0.2, 0) is 12.8 Å². The standard InChI is InChI=1S/C18H14N4O2/c1-3-7-13(8-4-1)17-15(19-23-21-17)11-12-16-18(22-24-20-16)14-9-5-2-6-10-14/h1-10H,11-12H2. The Morgan fingerprint density at radius 1 is 0.542 bits per heavy atom. The predicted octanol–water partition coefficient (Wildman–Crippen LogP) is 3.57. The van der Waals surface area contributed by atoms with Crippen molar-refractivity contribution in [3.63, 3.8) is 0 Å². The Kier molecular flexibility index (Phi) is 3.85. The summed E-state index contributed by atoms with van der Waals surface area (Å²) in [6, 6.07) is 19.7. The molecule has 0 saturated heterocycles. The highest BCUT2D eigenvalue weighted by molar-refractivity contribution is 5.62. The second-order valence-corrected chi connectivity index (χ2v) is 5.35. The summed E-state index contributed by atoms with van der Waals surface area (Å²) in [6.07, 6.45) is 1.28. The van der Waals surface area contributed by atoms with Crippen molar-refractivity contribution >= 4 is 0 Å². The summed E-state index contributed by atoms with van der Waals surface area (Å²) in [5.41, 5.74) is 5.07. The normalized spacial score (nSPS) is 10.8. The second kappa shape index (κ2) is 6.45. The van der Waals surface area contributed by atoms with Gasteiger partial charge >= 0.3 is 0 Å². The van der Waals surface area contributed by atoms with Crippen LogP contribution >= 0.6 is 0 Å². The second-order valence-electron chi connectivity index (χ2n) is 5.35. The Bertz CT molecular complexity index is 839. The van der Waals surface area contributed by atoms with Crippen molar-refractivity contribution in [1.29, 1.82) is 0 Å². The molecule has 4 rings (SSSR count). The topological polar surface area (TPSA) is 77.8 Å². The highest BCUT2D eigenvalue weighted by atomic mass is 16.6. The van der Waals surface area contributed by atoms with Gasteiger partial charge in [-0.2, -0.15) is 0 Å². The van der Waals surface area contributed by atoms with E-state index in [-0.39, 0.29) is 0 Å². The molecule has 2 aromatic carbocycles. The molecule has 0 spiro atoms. The van der Waals surface area contributed by atoms with Gasteiger partial charge in [-0.3, -0.25) is 0 Å². The number of nitrogens with zero attached hydrogens (tertiary/aromatic N) is 4. The lowest BCUT2D eigenvalue weighted by Crippen LogP contribution is -1.96. The van der Waals surface area contributed by atoms with Gasteiger partial charge in [0.2, 0.25) is 0 Å². The van der Waals surface area contributed by atoms with Gasteiger partial charge in [0.05, 0.1) is 0 Å². The third kappa shape index (κ3) is 2.81. The van der Waals surface area contributed by atoms with Crippen LogP contribution in [0.4, 0.5) is 0 Å². The van der Waals surface area contributed by atoms with E-state index in [1.54, 1.807) is 0 Å². The first-order valence-corrected chi connectivity index (χ1v) is 7.65. The van der Waals surface area contributed by atoms with E-state index < -0.39 is 0 Å². The number of aryl methyl sites for hydroxylation is 2. The molecule has 0 aliphatic heterocycles. The Hall–Kier alpha value is -3.28. The van der Waals surface area contributed by atoms with Crippen LogP contribution in [0.5, 0.6) is 0 Å². The predicted molar refractivity (Wildman–Crippen MR) is 86.9 cm³/mol. The van der Waals surface area contributed by atoms with E-state index in [0.29, 0.717) is 12.8 Å². The molecule has 6 nitrogen and oxygen atoms in total. The molecular formula is C18H14N4O2. The summed E-state index contributed by atoms with van der Waals surface area (Å²) in [5.74, 6) is 0. The van der Waals surface area contributed by atoms with Crippen molar-refractivity contribution in [1.82, 2.24) is 20.6 Å². The third-order valence-corrected chi connectivity index (χ3v) is 3.81.